The smallest absolute Gasteiger partial charge is 0.251 e. The minimum absolute atomic E-state index is 0. The Labute approximate surface area is 132 Å². The van der Waals surface area contributed by atoms with E-state index < -0.39 is 0 Å². The normalized spacial score (nSPS) is 12.2. The first-order valence-electron chi connectivity index (χ1n) is 8.17. The number of unbranched alkanes of at least 4 members (excludes halogenated alkanes) is 1. The average Bonchev–Trinajstić information content (AvgIpc) is 2.47. The molecule has 0 aliphatic heterocycles. The zero-order valence-corrected chi connectivity index (χ0v) is 13.9. The predicted molar refractivity (Wildman–Crippen MR) is 95.1 cm³/mol. The van der Waals surface area contributed by atoms with Crippen molar-refractivity contribution in [3.8, 4) is 0 Å². The maximum atomic E-state index is 12.0. The van der Waals surface area contributed by atoms with Crippen molar-refractivity contribution in [2.45, 2.75) is 59.4 Å². The van der Waals surface area contributed by atoms with Gasteiger partial charge in [0.1, 0.15) is 0 Å². The molecule has 1 unspecified atom stereocenters. The van der Waals surface area contributed by atoms with Gasteiger partial charge in [-0.1, -0.05) is 33.6 Å². The zero-order valence-electron chi connectivity index (χ0n) is 13.9. The lowest BCUT2D eigenvalue weighted by Crippen LogP contribution is -2.24. The van der Waals surface area contributed by atoms with Crippen molar-refractivity contribution in [3.63, 3.8) is 0 Å². The first-order chi connectivity index (χ1) is 10.0. The van der Waals surface area contributed by atoms with Gasteiger partial charge in [0.2, 0.25) is 0 Å². The maximum absolute atomic E-state index is 12.0. The van der Waals surface area contributed by atoms with Gasteiger partial charge in [0.25, 0.3) is 5.91 Å². The van der Waals surface area contributed by atoms with E-state index in [1.54, 1.807) is 0 Å². The molecule has 1 aromatic rings. The molecule has 1 atom stereocenters. The van der Waals surface area contributed by atoms with Crippen LogP contribution in [0.15, 0.2) is 24.3 Å². The number of benzene rings is 1. The molecular weight excluding hydrogens is 260 g/mol. The van der Waals surface area contributed by atoms with Crippen LogP contribution in [0.4, 0.5) is 5.69 Å². The van der Waals surface area contributed by atoms with Gasteiger partial charge in [-0.25, -0.2) is 0 Å². The molecule has 1 rings (SSSR count). The van der Waals surface area contributed by atoms with E-state index >= 15 is 0 Å². The van der Waals surface area contributed by atoms with Gasteiger partial charge in [-0.15, -0.1) is 0 Å². The Morgan fingerprint density at radius 1 is 1.14 bits per heavy atom. The molecule has 1 amide bonds. The second-order valence-electron chi connectivity index (χ2n) is 6.18. The summed E-state index contributed by atoms with van der Waals surface area (Å²) in [7, 11) is 0. The van der Waals surface area contributed by atoms with Gasteiger partial charge < -0.3 is 10.6 Å². The molecule has 2 N–H and O–H groups in total. The van der Waals surface area contributed by atoms with E-state index in [4.69, 9.17) is 0 Å². The molecule has 0 bridgehead atoms. The minimum atomic E-state index is 0. The first-order valence-corrected chi connectivity index (χ1v) is 8.17. The second-order valence-corrected chi connectivity index (χ2v) is 6.18. The summed E-state index contributed by atoms with van der Waals surface area (Å²) < 4.78 is 0. The molecule has 0 heterocycles. The van der Waals surface area contributed by atoms with Crippen LogP contribution in [-0.4, -0.2) is 18.5 Å². The van der Waals surface area contributed by atoms with E-state index in [2.05, 4.69) is 38.3 Å². The Hall–Kier alpha value is -1.51. The van der Waals surface area contributed by atoms with Gasteiger partial charge in [-0.2, -0.15) is 0 Å². The van der Waals surface area contributed by atoms with Gasteiger partial charge >= 0.3 is 0 Å². The molecule has 0 aliphatic carbocycles. The molecule has 1 aromatic carbocycles. The van der Waals surface area contributed by atoms with Crippen LogP contribution < -0.4 is 10.6 Å². The fourth-order valence-electron chi connectivity index (χ4n) is 2.09. The van der Waals surface area contributed by atoms with Crippen LogP contribution >= 0.6 is 0 Å². The Balaban J connectivity index is 0. The predicted octanol–water partition coefficient (Wildman–Crippen LogP) is 4.95. The third kappa shape index (κ3) is 7.16. The Morgan fingerprint density at radius 2 is 1.81 bits per heavy atom. The average molecular weight is 294 g/mol. The summed E-state index contributed by atoms with van der Waals surface area (Å²) in [4.78, 5) is 12.0. The highest BCUT2D eigenvalue weighted by Crippen LogP contribution is 2.12. The van der Waals surface area contributed by atoms with Crippen molar-refractivity contribution in [1.29, 1.82) is 0 Å². The van der Waals surface area contributed by atoms with Crippen LogP contribution in [0.2, 0.25) is 0 Å². The molecule has 122 valence electrons. The summed E-state index contributed by atoms with van der Waals surface area (Å²) in [6, 6.07) is 8.16. The van der Waals surface area contributed by atoms with Gasteiger partial charge in [0.05, 0.1) is 0 Å². The molecule has 0 spiro atoms. The summed E-state index contributed by atoms with van der Waals surface area (Å²) >= 11 is 0. The molecule has 0 aromatic heterocycles. The van der Waals surface area contributed by atoms with Crippen molar-refractivity contribution in [3.05, 3.63) is 29.8 Å². The lowest BCUT2D eigenvalue weighted by Gasteiger charge is -2.13. The molecule has 0 saturated carbocycles. The molecular formula is C18H34N2O. The molecule has 3 heteroatoms. The first kappa shape index (κ1) is 17.5. The number of hydrogen-bond acceptors (Lipinski definition) is 2. The largest absolute Gasteiger partial charge is 0.383 e. The number of rotatable bonds is 9. The SMILES string of the molecule is CCC(C)Nc1ccc(C(=O)NCCCCC(C)C)cc1.[HH].[HH]. The fourth-order valence-corrected chi connectivity index (χ4v) is 2.09. The monoisotopic (exact) mass is 294 g/mol. The van der Waals surface area contributed by atoms with Crippen LogP contribution in [0.5, 0.6) is 0 Å². The van der Waals surface area contributed by atoms with Gasteiger partial charge in [-0.05, 0) is 49.9 Å². The summed E-state index contributed by atoms with van der Waals surface area (Å²) in [6.07, 6.45) is 4.54. The van der Waals surface area contributed by atoms with E-state index in [1.165, 1.54) is 12.8 Å². The standard InChI is InChI=1S/C18H30N2O.2H2/c1-5-15(4)20-17-11-9-16(10-12-17)18(21)19-13-7-6-8-14(2)3;;/h9-12,14-15,20H,5-8,13H2,1-4H3,(H,19,21);2*1H. The summed E-state index contributed by atoms with van der Waals surface area (Å²) in [6.45, 7) is 9.52. The summed E-state index contributed by atoms with van der Waals surface area (Å²) in [5.41, 5.74) is 1.80. The van der Waals surface area contributed by atoms with E-state index in [0.29, 0.717) is 6.04 Å². The summed E-state index contributed by atoms with van der Waals surface area (Å²) in [5, 5.41) is 6.38. The third-order valence-corrected chi connectivity index (χ3v) is 3.67. The number of carbonyl (C=O) groups excluding carboxylic acids is 1. The molecule has 3 nitrogen and oxygen atoms in total. The van der Waals surface area contributed by atoms with Crippen molar-refractivity contribution < 1.29 is 7.65 Å². The van der Waals surface area contributed by atoms with Gasteiger partial charge in [0, 0.05) is 26.7 Å². The van der Waals surface area contributed by atoms with Crippen LogP contribution in [-0.2, 0) is 0 Å². The fraction of sp³-hybridized carbons (Fsp3) is 0.611. The lowest BCUT2D eigenvalue weighted by molar-refractivity contribution is 0.0953. The zero-order chi connectivity index (χ0) is 15.7. The number of nitrogens with one attached hydrogen (secondary N) is 2. The van der Waals surface area contributed by atoms with E-state index in [-0.39, 0.29) is 8.76 Å². The van der Waals surface area contributed by atoms with E-state index in [1.807, 2.05) is 24.3 Å². The van der Waals surface area contributed by atoms with E-state index in [9.17, 15) is 4.79 Å². The second kappa shape index (κ2) is 9.43. The Kier molecular flexibility index (Phi) is 7.88. The van der Waals surface area contributed by atoms with Crippen LogP contribution in [0.1, 0.15) is 66.6 Å². The van der Waals surface area contributed by atoms with Crippen molar-refractivity contribution in [1.82, 2.24) is 5.32 Å². The highest BCUT2D eigenvalue weighted by molar-refractivity contribution is 5.94. The Morgan fingerprint density at radius 3 is 2.38 bits per heavy atom. The van der Waals surface area contributed by atoms with Crippen LogP contribution in [0.25, 0.3) is 0 Å². The van der Waals surface area contributed by atoms with Gasteiger partial charge in [-0.3, -0.25) is 4.79 Å². The van der Waals surface area contributed by atoms with Gasteiger partial charge in [0.15, 0.2) is 0 Å². The highest BCUT2D eigenvalue weighted by atomic mass is 16.1. The molecule has 0 radical (unpaired) electrons. The number of amides is 1. The number of anilines is 1. The minimum Gasteiger partial charge on any atom is -0.383 e. The molecule has 0 saturated heterocycles. The van der Waals surface area contributed by atoms with Crippen molar-refractivity contribution in [2.24, 2.45) is 5.92 Å². The summed E-state index contributed by atoms with van der Waals surface area (Å²) in [5.74, 6) is 0.765. The third-order valence-electron chi connectivity index (χ3n) is 3.67. The number of hydrogen-bond donors (Lipinski definition) is 2. The van der Waals surface area contributed by atoms with E-state index in [0.717, 1.165) is 36.6 Å². The quantitative estimate of drug-likeness (QED) is 0.633. The van der Waals surface area contributed by atoms with Crippen LogP contribution in [0.3, 0.4) is 0 Å². The highest BCUT2D eigenvalue weighted by Gasteiger charge is 2.05. The van der Waals surface area contributed by atoms with Crippen LogP contribution in [0, 0.1) is 5.92 Å². The molecule has 0 fully saturated rings. The number of carbonyl (C=O) groups is 1. The van der Waals surface area contributed by atoms with Crippen molar-refractivity contribution >= 4 is 11.6 Å². The molecule has 21 heavy (non-hydrogen) atoms. The van der Waals surface area contributed by atoms with Crippen molar-refractivity contribution in [2.75, 3.05) is 11.9 Å². The Bertz CT molecular complexity index is 422. The maximum Gasteiger partial charge on any atom is 0.251 e. The lowest BCUT2D eigenvalue weighted by atomic mass is 10.1. The molecule has 0 aliphatic rings. The topological polar surface area (TPSA) is 41.1 Å².